The van der Waals surface area contributed by atoms with Crippen LogP contribution in [-0.2, 0) is 17.6 Å². The molecule has 0 fully saturated rings. The Morgan fingerprint density at radius 3 is 2.47 bits per heavy atom. The molecule has 0 saturated heterocycles. The van der Waals surface area contributed by atoms with E-state index in [1.165, 1.54) is 11.1 Å². The van der Waals surface area contributed by atoms with Crippen molar-refractivity contribution in [3.63, 3.8) is 0 Å². The Balaban J connectivity index is 1.85. The molecular formula is C13H19NO. The predicted molar refractivity (Wildman–Crippen MR) is 62.1 cm³/mol. The van der Waals surface area contributed by atoms with Gasteiger partial charge in [-0.05, 0) is 30.9 Å². The van der Waals surface area contributed by atoms with Gasteiger partial charge in [0.1, 0.15) is 0 Å². The zero-order valence-corrected chi connectivity index (χ0v) is 9.49. The molecule has 15 heavy (non-hydrogen) atoms. The molecule has 1 N–H and O–H groups in total. The number of rotatable bonds is 4. The zero-order valence-electron chi connectivity index (χ0n) is 9.49. The highest BCUT2D eigenvalue weighted by Gasteiger charge is 2.20. The second-order valence-corrected chi connectivity index (χ2v) is 4.33. The molecule has 2 heteroatoms. The summed E-state index contributed by atoms with van der Waals surface area (Å²) in [4.78, 5) is 0. The Morgan fingerprint density at radius 1 is 1.33 bits per heavy atom. The summed E-state index contributed by atoms with van der Waals surface area (Å²) in [5.74, 6) is 0. The highest BCUT2D eigenvalue weighted by atomic mass is 16.5. The molecular weight excluding hydrogens is 186 g/mol. The fraction of sp³-hybridized carbons (Fsp3) is 0.538. The van der Waals surface area contributed by atoms with E-state index < -0.39 is 0 Å². The second-order valence-electron chi connectivity index (χ2n) is 4.33. The molecule has 2 nitrogen and oxygen atoms in total. The van der Waals surface area contributed by atoms with Gasteiger partial charge in [-0.15, -0.1) is 0 Å². The molecule has 1 aliphatic carbocycles. The Morgan fingerprint density at radius 2 is 1.93 bits per heavy atom. The van der Waals surface area contributed by atoms with Gasteiger partial charge < -0.3 is 10.1 Å². The molecule has 0 amide bonds. The first-order chi connectivity index (χ1) is 7.29. The van der Waals surface area contributed by atoms with Crippen LogP contribution in [0.2, 0.25) is 0 Å². The van der Waals surface area contributed by atoms with Crippen LogP contribution in [0, 0.1) is 0 Å². The van der Waals surface area contributed by atoms with E-state index in [0.717, 1.165) is 19.4 Å². The van der Waals surface area contributed by atoms with Crippen molar-refractivity contribution < 1.29 is 4.74 Å². The molecule has 1 aromatic carbocycles. The van der Waals surface area contributed by atoms with E-state index in [2.05, 4.69) is 36.5 Å². The summed E-state index contributed by atoms with van der Waals surface area (Å²) >= 11 is 0. The van der Waals surface area contributed by atoms with Gasteiger partial charge in [-0.3, -0.25) is 0 Å². The van der Waals surface area contributed by atoms with E-state index in [1.807, 2.05) is 0 Å². The number of benzene rings is 1. The summed E-state index contributed by atoms with van der Waals surface area (Å²) in [6.07, 6.45) is 2.62. The number of fused-ring (bicyclic) bond motifs is 1. The third-order valence-electron chi connectivity index (χ3n) is 3.15. The standard InChI is InChI=1S/C13H19NO/c1-10(15-2)9-14-13-7-11-5-3-4-6-12(11)8-13/h3-6,10,13-14H,7-9H2,1-2H3. The minimum atomic E-state index is 0.300. The van der Waals surface area contributed by atoms with Gasteiger partial charge >= 0.3 is 0 Å². The Labute approximate surface area is 91.6 Å². The lowest BCUT2D eigenvalue weighted by Gasteiger charge is -2.15. The Hall–Kier alpha value is -0.860. The quantitative estimate of drug-likeness (QED) is 0.809. The van der Waals surface area contributed by atoms with E-state index in [4.69, 9.17) is 4.74 Å². The fourth-order valence-corrected chi connectivity index (χ4v) is 2.12. The van der Waals surface area contributed by atoms with Gasteiger partial charge in [0.05, 0.1) is 6.10 Å². The van der Waals surface area contributed by atoms with Gasteiger partial charge in [0, 0.05) is 19.7 Å². The number of nitrogens with one attached hydrogen (secondary N) is 1. The SMILES string of the molecule is COC(C)CNC1Cc2ccccc2C1. The van der Waals surface area contributed by atoms with Crippen molar-refractivity contribution in [2.45, 2.75) is 31.9 Å². The van der Waals surface area contributed by atoms with Crippen LogP contribution in [0.4, 0.5) is 0 Å². The molecule has 2 rings (SSSR count). The lowest BCUT2D eigenvalue weighted by molar-refractivity contribution is 0.114. The maximum absolute atomic E-state index is 5.22. The van der Waals surface area contributed by atoms with Crippen molar-refractivity contribution in [2.75, 3.05) is 13.7 Å². The highest BCUT2D eigenvalue weighted by Crippen LogP contribution is 2.21. The predicted octanol–water partition coefficient (Wildman–Crippen LogP) is 1.78. The molecule has 0 spiro atoms. The Bertz CT molecular complexity index is 299. The number of methoxy groups -OCH3 is 1. The van der Waals surface area contributed by atoms with E-state index in [1.54, 1.807) is 7.11 Å². The van der Waals surface area contributed by atoms with Crippen molar-refractivity contribution >= 4 is 0 Å². The van der Waals surface area contributed by atoms with Crippen LogP contribution >= 0.6 is 0 Å². The summed E-state index contributed by atoms with van der Waals surface area (Å²) in [6, 6.07) is 9.31. The summed E-state index contributed by atoms with van der Waals surface area (Å²) in [6.45, 7) is 3.03. The van der Waals surface area contributed by atoms with E-state index in [9.17, 15) is 0 Å². The number of ether oxygens (including phenoxy) is 1. The highest BCUT2D eigenvalue weighted by molar-refractivity contribution is 5.33. The van der Waals surface area contributed by atoms with Crippen molar-refractivity contribution in [1.29, 1.82) is 0 Å². The summed E-state index contributed by atoms with van der Waals surface area (Å²) in [5.41, 5.74) is 3.00. The molecule has 1 atom stereocenters. The van der Waals surface area contributed by atoms with Gasteiger partial charge in [0.15, 0.2) is 0 Å². The largest absolute Gasteiger partial charge is 0.380 e. The first-order valence-electron chi connectivity index (χ1n) is 5.62. The van der Waals surface area contributed by atoms with Crippen LogP contribution in [0.3, 0.4) is 0 Å². The number of hydrogen-bond donors (Lipinski definition) is 1. The lowest BCUT2D eigenvalue weighted by atomic mass is 10.1. The van der Waals surface area contributed by atoms with Gasteiger partial charge in [-0.25, -0.2) is 0 Å². The first kappa shape index (κ1) is 10.7. The van der Waals surface area contributed by atoms with Gasteiger partial charge in [0.2, 0.25) is 0 Å². The molecule has 0 saturated carbocycles. The first-order valence-corrected chi connectivity index (χ1v) is 5.62. The zero-order chi connectivity index (χ0) is 10.7. The van der Waals surface area contributed by atoms with Crippen molar-refractivity contribution in [3.05, 3.63) is 35.4 Å². The minimum Gasteiger partial charge on any atom is -0.380 e. The van der Waals surface area contributed by atoms with Gasteiger partial charge in [-0.2, -0.15) is 0 Å². The molecule has 0 aliphatic heterocycles. The van der Waals surface area contributed by atoms with E-state index in [0.29, 0.717) is 12.1 Å². The third-order valence-corrected chi connectivity index (χ3v) is 3.15. The molecule has 0 radical (unpaired) electrons. The molecule has 82 valence electrons. The number of hydrogen-bond acceptors (Lipinski definition) is 2. The van der Waals surface area contributed by atoms with E-state index >= 15 is 0 Å². The molecule has 0 aromatic heterocycles. The van der Waals surface area contributed by atoms with Crippen LogP contribution in [0.25, 0.3) is 0 Å². The van der Waals surface area contributed by atoms with Crippen LogP contribution in [0.1, 0.15) is 18.1 Å². The van der Waals surface area contributed by atoms with E-state index in [-0.39, 0.29) is 0 Å². The van der Waals surface area contributed by atoms with Gasteiger partial charge in [0.25, 0.3) is 0 Å². The molecule has 1 aliphatic rings. The summed E-state index contributed by atoms with van der Waals surface area (Å²) in [5, 5.41) is 3.55. The summed E-state index contributed by atoms with van der Waals surface area (Å²) < 4.78 is 5.22. The normalized spacial score (nSPS) is 17.7. The summed E-state index contributed by atoms with van der Waals surface area (Å²) in [7, 11) is 1.76. The molecule has 1 aromatic rings. The van der Waals surface area contributed by atoms with Crippen LogP contribution in [0.5, 0.6) is 0 Å². The molecule has 0 heterocycles. The minimum absolute atomic E-state index is 0.300. The second kappa shape index (κ2) is 4.77. The van der Waals surface area contributed by atoms with Crippen molar-refractivity contribution in [2.24, 2.45) is 0 Å². The average Bonchev–Trinajstić information content (AvgIpc) is 2.68. The molecule has 0 bridgehead atoms. The average molecular weight is 205 g/mol. The lowest BCUT2D eigenvalue weighted by Crippen LogP contribution is -2.35. The Kier molecular flexibility index (Phi) is 3.39. The maximum Gasteiger partial charge on any atom is 0.0667 e. The van der Waals surface area contributed by atoms with Gasteiger partial charge in [-0.1, -0.05) is 24.3 Å². The fourth-order valence-electron chi connectivity index (χ4n) is 2.12. The van der Waals surface area contributed by atoms with Crippen LogP contribution < -0.4 is 5.32 Å². The third kappa shape index (κ3) is 2.58. The van der Waals surface area contributed by atoms with Crippen LogP contribution in [-0.4, -0.2) is 25.8 Å². The van der Waals surface area contributed by atoms with Crippen LogP contribution in [0.15, 0.2) is 24.3 Å². The van der Waals surface area contributed by atoms with Crippen molar-refractivity contribution in [3.8, 4) is 0 Å². The monoisotopic (exact) mass is 205 g/mol. The molecule has 1 unspecified atom stereocenters. The maximum atomic E-state index is 5.22. The smallest absolute Gasteiger partial charge is 0.0667 e. The topological polar surface area (TPSA) is 21.3 Å². The van der Waals surface area contributed by atoms with Crippen molar-refractivity contribution in [1.82, 2.24) is 5.32 Å².